The Morgan fingerprint density at radius 1 is 1.11 bits per heavy atom. The number of ether oxygens (including phenoxy) is 1. The fourth-order valence-corrected chi connectivity index (χ4v) is 2.66. The average molecular weight is 514 g/mol. The zero-order valence-electron chi connectivity index (χ0n) is 15.0. The monoisotopic (exact) mass is 512 g/mol. The fraction of sp³-hybridized carbons (Fsp3) is 0.211. The molecule has 28 heavy (non-hydrogen) atoms. The minimum Gasteiger partial charge on any atom is -0.466 e. The Kier molecular flexibility index (Phi) is 8.46. The number of benzene rings is 1. The highest BCUT2D eigenvalue weighted by Gasteiger charge is 2.17. The van der Waals surface area contributed by atoms with E-state index in [4.69, 9.17) is 9.15 Å². The lowest BCUT2D eigenvalue weighted by molar-refractivity contribution is -0.140. The maximum absolute atomic E-state index is 12.5. The predicted octanol–water partition coefficient (Wildman–Crippen LogP) is 3.64. The normalized spacial score (nSPS) is 11.0. The standard InChI is InChI=1S/C19H18Br2N2O5/c1-12(24)27-10-2-9-22-18(25)15(11-13-3-5-14(20)6-4-13)23-19(26)16-7-8-17(21)28-16/h3-8,11H,2,9-10H2,1H3,(H,22,25)(H,23,26)/b15-11+. The first-order chi connectivity index (χ1) is 13.3. The van der Waals surface area contributed by atoms with Crippen LogP contribution in [0.25, 0.3) is 6.08 Å². The van der Waals surface area contributed by atoms with Crippen LogP contribution in [0.2, 0.25) is 0 Å². The molecule has 0 fully saturated rings. The second-order valence-corrected chi connectivity index (χ2v) is 7.31. The molecule has 1 aromatic heterocycles. The Hall–Kier alpha value is -2.39. The third kappa shape index (κ3) is 7.32. The molecule has 0 saturated heterocycles. The fourth-order valence-electron chi connectivity index (χ4n) is 2.09. The van der Waals surface area contributed by atoms with Crippen molar-refractivity contribution in [2.45, 2.75) is 13.3 Å². The molecular formula is C19H18Br2N2O5. The number of rotatable bonds is 8. The van der Waals surface area contributed by atoms with Gasteiger partial charge in [-0.25, -0.2) is 0 Å². The maximum Gasteiger partial charge on any atom is 0.302 e. The molecule has 9 heteroatoms. The first-order valence-corrected chi connectivity index (χ1v) is 9.89. The second kappa shape index (κ2) is 10.8. The van der Waals surface area contributed by atoms with Gasteiger partial charge in [0.2, 0.25) is 0 Å². The van der Waals surface area contributed by atoms with Gasteiger partial charge in [0.1, 0.15) is 5.70 Å². The summed E-state index contributed by atoms with van der Waals surface area (Å²) in [6.45, 7) is 1.81. The molecule has 0 aliphatic carbocycles. The van der Waals surface area contributed by atoms with Gasteiger partial charge in [0.25, 0.3) is 11.8 Å². The minimum atomic E-state index is -0.552. The van der Waals surface area contributed by atoms with Gasteiger partial charge in [-0.3, -0.25) is 14.4 Å². The van der Waals surface area contributed by atoms with E-state index in [-0.39, 0.29) is 30.6 Å². The Labute approximate surface area is 178 Å². The number of carbonyl (C=O) groups excluding carboxylic acids is 3. The summed E-state index contributed by atoms with van der Waals surface area (Å²) < 4.78 is 11.3. The molecular weight excluding hydrogens is 496 g/mol. The molecule has 1 heterocycles. The quantitative estimate of drug-likeness (QED) is 0.319. The third-order valence-electron chi connectivity index (χ3n) is 3.38. The van der Waals surface area contributed by atoms with Crippen LogP contribution >= 0.6 is 31.9 Å². The molecule has 2 rings (SSSR count). The van der Waals surface area contributed by atoms with Gasteiger partial charge >= 0.3 is 5.97 Å². The van der Waals surface area contributed by atoms with E-state index in [1.165, 1.54) is 13.0 Å². The van der Waals surface area contributed by atoms with E-state index in [2.05, 4.69) is 42.5 Å². The van der Waals surface area contributed by atoms with Crippen LogP contribution in [0.4, 0.5) is 0 Å². The highest BCUT2D eigenvalue weighted by Crippen LogP contribution is 2.15. The summed E-state index contributed by atoms with van der Waals surface area (Å²) in [7, 11) is 0. The summed E-state index contributed by atoms with van der Waals surface area (Å²) in [5, 5.41) is 5.25. The number of hydrogen-bond acceptors (Lipinski definition) is 5. The number of carbonyl (C=O) groups is 3. The van der Waals surface area contributed by atoms with Crippen molar-refractivity contribution in [1.29, 1.82) is 0 Å². The summed E-state index contributed by atoms with van der Waals surface area (Å²) in [5.41, 5.74) is 0.793. The first kappa shape index (κ1) is 21.9. The van der Waals surface area contributed by atoms with E-state index in [0.29, 0.717) is 11.1 Å². The van der Waals surface area contributed by atoms with Crippen LogP contribution in [-0.4, -0.2) is 30.9 Å². The van der Waals surface area contributed by atoms with E-state index in [1.807, 2.05) is 12.1 Å². The Bertz CT molecular complexity index is 875. The predicted molar refractivity (Wildman–Crippen MR) is 110 cm³/mol. The molecule has 0 aliphatic heterocycles. The van der Waals surface area contributed by atoms with Gasteiger partial charge in [0.15, 0.2) is 10.4 Å². The molecule has 0 saturated carbocycles. The van der Waals surface area contributed by atoms with Crippen LogP contribution in [0.3, 0.4) is 0 Å². The van der Waals surface area contributed by atoms with Crippen molar-refractivity contribution in [2.75, 3.05) is 13.2 Å². The topological polar surface area (TPSA) is 97.6 Å². The third-order valence-corrected chi connectivity index (χ3v) is 4.34. The summed E-state index contributed by atoms with van der Waals surface area (Å²) in [4.78, 5) is 35.6. The Morgan fingerprint density at radius 3 is 2.43 bits per heavy atom. The van der Waals surface area contributed by atoms with E-state index < -0.39 is 11.8 Å². The highest BCUT2D eigenvalue weighted by molar-refractivity contribution is 9.10. The van der Waals surface area contributed by atoms with E-state index in [9.17, 15) is 14.4 Å². The molecule has 2 N–H and O–H groups in total. The van der Waals surface area contributed by atoms with Gasteiger partial charge in [-0.15, -0.1) is 0 Å². The lowest BCUT2D eigenvalue weighted by Crippen LogP contribution is -2.35. The van der Waals surface area contributed by atoms with E-state index in [0.717, 1.165) is 10.0 Å². The summed E-state index contributed by atoms with van der Waals surface area (Å²) in [6, 6.07) is 10.3. The van der Waals surface area contributed by atoms with Crippen LogP contribution in [0.15, 0.2) is 55.7 Å². The lowest BCUT2D eigenvalue weighted by Gasteiger charge is -2.10. The summed E-state index contributed by atoms with van der Waals surface area (Å²) in [6.07, 6.45) is 2.01. The number of nitrogens with one attached hydrogen (secondary N) is 2. The minimum absolute atomic E-state index is 0.0623. The SMILES string of the molecule is CC(=O)OCCCNC(=O)/C(=C\c1ccc(Br)cc1)NC(=O)c1ccc(Br)o1. The lowest BCUT2D eigenvalue weighted by atomic mass is 10.2. The van der Waals surface area contributed by atoms with Crippen LogP contribution < -0.4 is 10.6 Å². The van der Waals surface area contributed by atoms with Gasteiger partial charge in [0, 0.05) is 17.9 Å². The molecule has 2 amide bonds. The van der Waals surface area contributed by atoms with Crippen molar-refractivity contribution < 1.29 is 23.5 Å². The second-order valence-electron chi connectivity index (χ2n) is 5.62. The molecule has 2 aromatic rings. The molecule has 7 nitrogen and oxygen atoms in total. The zero-order valence-corrected chi connectivity index (χ0v) is 18.1. The van der Waals surface area contributed by atoms with Gasteiger partial charge in [0.05, 0.1) is 6.61 Å². The number of hydrogen-bond donors (Lipinski definition) is 2. The Morgan fingerprint density at radius 2 is 1.82 bits per heavy atom. The molecule has 0 spiro atoms. The van der Waals surface area contributed by atoms with Crippen molar-refractivity contribution >= 4 is 55.7 Å². The van der Waals surface area contributed by atoms with Crippen molar-refractivity contribution in [3.63, 3.8) is 0 Å². The maximum atomic E-state index is 12.5. The summed E-state index contributed by atoms with van der Waals surface area (Å²) in [5.74, 6) is -1.33. The van der Waals surface area contributed by atoms with Gasteiger partial charge in [-0.2, -0.15) is 0 Å². The van der Waals surface area contributed by atoms with Crippen molar-refractivity contribution in [2.24, 2.45) is 0 Å². The van der Waals surface area contributed by atoms with Crippen LogP contribution in [0, 0.1) is 0 Å². The van der Waals surface area contributed by atoms with Crippen LogP contribution in [-0.2, 0) is 14.3 Å². The number of esters is 1. The highest BCUT2D eigenvalue weighted by atomic mass is 79.9. The smallest absolute Gasteiger partial charge is 0.302 e. The van der Waals surface area contributed by atoms with E-state index in [1.54, 1.807) is 24.3 Å². The van der Waals surface area contributed by atoms with Crippen LogP contribution in [0.1, 0.15) is 29.5 Å². The molecule has 0 unspecified atom stereocenters. The van der Waals surface area contributed by atoms with Crippen molar-refractivity contribution in [1.82, 2.24) is 10.6 Å². The molecule has 1 aromatic carbocycles. The molecule has 0 radical (unpaired) electrons. The van der Waals surface area contributed by atoms with Gasteiger partial charge in [-0.05, 0) is 58.3 Å². The average Bonchev–Trinajstić information content (AvgIpc) is 3.08. The summed E-state index contributed by atoms with van der Waals surface area (Å²) >= 11 is 6.48. The molecule has 148 valence electrons. The molecule has 0 atom stereocenters. The largest absolute Gasteiger partial charge is 0.466 e. The number of furan rings is 1. The number of amides is 2. The molecule has 0 aliphatic rings. The molecule has 0 bridgehead atoms. The number of halogens is 2. The van der Waals surface area contributed by atoms with Gasteiger partial charge < -0.3 is 19.8 Å². The van der Waals surface area contributed by atoms with E-state index >= 15 is 0 Å². The van der Waals surface area contributed by atoms with Crippen molar-refractivity contribution in [3.8, 4) is 0 Å². The van der Waals surface area contributed by atoms with Crippen LogP contribution in [0.5, 0.6) is 0 Å². The van der Waals surface area contributed by atoms with Crippen molar-refractivity contribution in [3.05, 3.63) is 62.6 Å². The first-order valence-electron chi connectivity index (χ1n) is 8.30. The Balaban J connectivity index is 2.08. The zero-order chi connectivity index (χ0) is 20.5. The van der Waals surface area contributed by atoms with Gasteiger partial charge in [-0.1, -0.05) is 28.1 Å².